The molecule has 0 saturated heterocycles. The Morgan fingerprint density at radius 2 is 1.79 bits per heavy atom. The first-order valence-electron chi connectivity index (χ1n) is 11.3. The number of alkyl halides is 3. The van der Waals surface area contributed by atoms with Crippen molar-refractivity contribution in [2.75, 3.05) is 13.7 Å². The normalized spacial score (nSPS) is 16.4. The fourth-order valence-electron chi connectivity index (χ4n) is 3.58. The number of para-hydroxylation sites is 1. The Balaban J connectivity index is 2.01. The number of fused-ring (bicyclic) bond motifs is 1. The van der Waals surface area contributed by atoms with Gasteiger partial charge in [-0.1, -0.05) is 18.2 Å². The van der Waals surface area contributed by atoms with Gasteiger partial charge in [0.15, 0.2) is 17.3 Å². The van der Waals surface area contributed by atoms with Crippen molar-refractivity contribution in [1.82, 2.24) is 4.90 Å². The lowest BCUT2D eigenvalue weighted by Crippen LogP contribution is -2.44. The fraction of sp³-hybridized carbons (Fsp3) is 0.400. The maximum absolute atomic E-state index is 14.0. The standard InChI is InChI=1S/C25H27F4NO7S/c1-15(16-10-11-19(26)22(12-16)34-5)30(23(31)36-24(2,3)4)14-17-13-21(37-38(32,33)25(27,28)29)18-8-6-7-9-20(18)35-17/h6-13,15,17H,14H2,1-5H3/t15-,17?/m1/s1. The zero-order valence-electron chi connectivity index (χ0n) is 21.2. The molecule has 1 aliphatic heterocycles. The summed E-state index contributed by atoms with van der Waals surface area (Å²) in [7, 11) is -4.70. The second kappa shape index (κ2) is 10.7. The van der Waals surface area contributed by atoms with Crippen LogP contribution in [0, 0.1) is 5.82 Å². The number of ether oxygens (including phenoxy) is 3. The molecule has 1 aliphatic rings. The predicted octanol–water partition coefficient (Wildman–Crippen LogP) is 5.80. The molecule has 0 saturated carbocycles. The van der Waals surface area contributed by atoms with Crippen LogP contribution in [-0.2, 0) is 19.0 Å². The number of nitrogens with zero attached hydrogens (tertiary/aromatic N) is 1. The molecule has 208 valence electrons. The van der Waals surface area contributed by atoms with Crippen LogP contribution >= 0.6 is 0 Å². The van der Waals surface area contributed by atoms with Crippen LogP contribution in [0.4, 0.5) is 22.4 Å². The lowest BCUT2D eigenvalue weighted by molar-refractivity contribution is -0.0510. The molecule has 1 heterocycles. The highest BCUT2D eigenvalue weighted by Gasteiger charge is 2.49. The van der Waals surface area contributed by atoms with Crippen LogP contribution in [0.2, 0.25) is 0 Å². The van der Waals surface area contributed by atoms with Gasteiger partial charge in [-0.25, -0.2) is 9.18 Å². The number of hydrogen-bond acceptors (Lipinski definition) is 7. The molecule has 0 spiro atoms. The number of carbonyl (C=O) groups excluding carboxylic acids is 1. The van der Waals surface area contributed by atoms with Crippen molar-refractivity contribution in [3.05, 3.63) is 65.5 Å². The van der Waals surface area contributed by atoms with E-state index in [1.165, 1.54) is 54.5 Å². The van der Waals surface area contributed by atoms with E-state index in [9.17, 15) is 30.8 Å². The number of benzene rings is 2. The first-order chi connectivity index (χ1) is 17.5. The highest BCUT2D eigenvalue weighted by Crippen LogP contribution is 2.37. The van der Waals surface area contributed by atoms with Crippen LogP contribution in [0.3, 0.4) is 0 Å². The fourth-order valence-corrected chi connectivity index (χ4v) is 4.05. The summed E-state index contributed by atoms with van der Waals surface area (Å²) in [5.74, 6) is -1.23. The smallest absolute Gasteiger partial charge is 0.494 e. The Kier molecular flexibility index (Phi) is 8.20. The van der Waals surface area contributed by atoms with Crippen molar-refractivity contribution in [2.24, 2.45) is 0 Å². The van der Waals surface area contributed by atoms with Crippen molar-refractivity contribution < 1.29 is 49.2 Å². The van der Waals surface area contributed by atoms with Gasteiger partial charge in [0.05, 0.1) is 25.3 Å². The molecular weight excluding hydrogens is 534 g/mol. The maximum Gasteiger partial charge on any atom is 0.534 e. The average Bonchev–Trinajstić information content (AvgIpc) is 2.80. The van der Waals surface area contributed by atoms with E-state index >= 15 is 0 Å². The molecule has 0 aliphatic carbocycles. The van der Waals surface area contributed by atoms with E-state index in [2.05, 4.69) is 4.18 Å². The zero-order valence-corrected chi connectivity index (χ0v) is 22.0. The largest absolute Gasteiger partial charge is 0.534 e. The molecule has 13 heteroatoms. The number of methoxy groups -OCH3 is 1. The van der Waals surface area contributed by atoms with Gasteiger partial charge in [0.2, 0.25) is 0 Å². The molecule has 0 radical (unpaired) electrons. The summed E-state index contributed by atoms with van der Waals surface area (Å²) < 4.78 is 97.5. The topological polar surface area (TPSA) is 91.4 Å². The van der Waals surface area contributed by atoms with Crippen LogP contribution in [-0.4, -0.2) is 50.3 Å². The summed E-state index contributed by atoms with van der Waals surface area (Å²) in [6.45, 7) is 6.28. The summed E-state index contributed by atoms with van der Waals surface area (Å²) in [5, 5.41) is 0. The molecular formula is C25H27F4NO7S. The molecule has 0 N–H and O–H groups in total. The van der Waals surface area contributed by atoms with Crippen LogP contribution in [0.15, 0.2) is 48.5 Å². The third kappa shape index (κ3) is 6.69. The minimum Gasteiger partial charge on any atom is -0.494 e. The van der Waals surface area contributed by atoms with Crippen molar-refractivity contribution in [3.8, 4) is 11.5 Å². The van der Waals surface area contributed by atoms with Gasteiger partial charge in [0.1, 0.15) is 17.5 Å². The Bertz CT molecular complexity index is 1320. The number of hydrogen-bond donors (Lipinski definition) is 0. The zero-order chi connectivity index (χ0) is 28.5. The Morgan fingerprint density at radius 3 is 2.39 bits per heavy atom. The van der Waals surface area contributed by atoms with Gasteiger partial charge in [-0.2, -0.15) is 21.6 Å². The third-order valence-corrected chi connectivity index (χ3v) is 6.35. The van der Waals surface area contributed by atoms with E-state index in [1.807, 2.05) is 0 Å². The van der Waals surface area contributed by atoms with Gasteiger partial charge in [0.25, 0.3) is 0 Å². The van der Waals surface area contributed by atoms with E-state index in [0.717, 1.165) is 6.08 Å². The molecule has 0 aromatic heterocycles. The highest BCUT2D eigenvalue weighted by molar-refractivity contribution is 7.87. The van der Waals surface area contributed by atoms with Gasteiger partial charge >= 0.3 is 21.7 Å². The first-order valence-corrected chi connectivity index (χ1v) is 12.7. The lowest BCUT2D eigenvalue weighted by Gasteiger charge is -2.35. The SMILES string of the molecule is COc1cc([C@@H](C)N(CC2C=C(OS(=O)(=O)C(F)(F)F)c3ccccc3O2)C(=O)OC(C)(C)C)ccc1F. The summed E-state index contributed by atoms with van der Waals surface area (Å²) in [4.78, 5) is 14.4. The van der Waals surface area contributed by atoms with Gasteiger partial charge in [-0.05, 0) is 57.5 Å². The van der Waals surface area contributed by atoms with E-state index in [-0.39, 0.29) is 23.6 Å². The Hall–Kier alpha value is -3.48. The molecule has 2 atom stereocenters. The molecule has 2 aromatic carbocycles. The molecule has 0 fully saturated rings. The van der Waals surface area contributed by atoms with Crippen molar-refractivity contribution in [2.45, 2.75) is 51.0 Å². The maximum atomic E-state index is 14.0. The van der Waals surface area contributed by atoms with Crippen LogP contribution < -0.4 is 9.47 Å². The van der Waals surface area contributed by atoms with E-state index in [1.54, 1.807) is 27.7 Å². The third-order valence-electron chi connectivity index (χ3n) is 5.38. The van der Waals surface area contributed by atoms with Gasteiger partial charge < -0.3 is 18.4 Å². The van der Waals surface area contributed by atoms with Crippen molar-refractivity contribution in [3.63, 3.8) is 0 Å². The molecule has 38 heavy (non-hydrogen) atoms. The first kappa shape index (κ1) is 29.1. The Morgan fingerprint density at radius 1 is 1.13 bits per heavy atom. The van der Waals surface area contributed by atoms with E-state index < -0.39 is 51.0 Å². The molecule has 2 aromatic rings. The van der Waals surface area contributed by atoms with E-state index in [0.29, 0.717) is 5.56 Å². The summed E-state index contributed by atoms with van der Waals surface area (Å²) >= 11 is 0. The molecule has 1 unspecified atom stereocenters. The van der Waals surface area contributed by atoms with Crippen molar-refractivity contribution >= 4 is 22.0 Å². The second-order valence-electron chi connectivity index (χ2n) is 9.37. The minimum atomic E-state index is -5.98. The minimum absolute atomic E-state index is 0.0169. The van der Waals surface area contributed by atoms with Crippen LogP contribution in [0.5, 0.6) is 11.5 Å². The van der Waals surface area contributed by atoms with Crippen LogP contribution in [0.1, 0.15) is 44.9 Å². The summed E-state index contributed by atoms with van der Waals surface area (Å²) in [6.07, 6.45) is -0.892. The number of carbonyl (C=O) groups is 1. The highest BCUT2D eigenvalue weighted by atomic mass is 32.2. The second-order valence-corrected chi connectivity index (χ2v) is 10.9. The monoisotopic (exact) mass is 561 g/mol. The lowest BCUT2D eigenvalue weighted by atomic mass is 10.0. The number of halogens is 4. The van der Waals surface area contributed by atoms with Gasteiger partial charge in [0, 0.05) is 6.08 Å². The van der Waals surface area contributed by atoms with Gasteiger partial charge in [-0.15, -0.1) is 0 Å². The predicted molar refractivity (Wildman–Crippen MR) is 129 cm³/mol. The average molecular weight is 562 g/mol. The summed E-state index contributed by atoms with van der Waals surface area (Å²) in [5.41, 5.74) is -6.11. The number of amides is 1. The molecule has 8 nitrogen and oxygen atoms in total. The molecule has 0 bridgehead atoms. The van der Waals surface area contributed by atoms with E-state index in [4.69, 9.17) is 14.2 Å². The number of rotatable bonds is 7. The molecule has 1 amide bonds. The summed E-state index contributed by atoms with van der Waals surface area (Å²) in [6, 6.07) is 9.02. The van der Waals surface area contributed by atoms with Gasteiger partial charge in [-0.3, -0.25) is 4.90 Å². The Labute approximate surface area is 217 Å². The van der Waals surface area contributed by atoms with Crippen LogP contribution in [0.25, 0.3) is 5.76 Å². The van der Waals surface area contributed by atoms with Crippen molar-refractivity contribution in [1.29, 1.82) is 0 Å². The molecule has 3 rings (SSSR count). The quantitative estimate of drug-likeness (QED) is 0.240.